The molecule has 5 heteroatoms. The van der Waals surface area contributed by atoms with Crippen molar-refractivity contribution in [2.45, 2.75) is 80.9 Å². The average Bonchev–Trinajstić information content (AvgIpc) is 2.40. The van der Waals surface area contributed by atoms with Gasteiger partial charge < -0.3 is 15.0 Å². The lowest BCUT2D eigenvalue weighted by Crippen LogP contribution is -2.51. The van der Waals surface area contributed by atoms with E-state index in [-0.39, 0.29) is 6.09 Å². The third-order valence-electron chi connectivity index (χ3n) is 4.28. The monoisotopic (exact) mass is 408 g/mol. The molecule has 1 heterocycles. The van der Waals surface area contributed by atoms with Crippen LogP contribution in [0.5, 0.6) is 0 Å². The molecule has 0 bridgehead atoms. The average molecular weight is 408 g/mol. The molecule has 1 aliphatic heterocycles. The van der Waals surface area contributed by atoms with Crippen LogP contribution in [0.2, 0.25) is 0 Å². The molecule has 0 radical (unpaired) electrons. The van der Waals surface area contributed by atoms with Crippen LogP contribution in [0.4, 0.5) is 4.79 Å². The highest BCUT2D eigenvalue weighted by atomic mass is 127. The fourth-order valence-corrected chi connectivity index (χ4v) is 4.14. The van der Waals surface area contributed by atoms with Gasteiger partial charge in [0.15, 0.2) is 0 Å². The van der Waals surface area contributed by atoms with Crippen molar-refractivity contribution >= 4 is 28.7 Å². The second-order valence-electron chi connectivity index (χ2n) is 7.32. The first kappa shape index (κ1) is 17.3. The van der Waals surface area contributed by atoms with E-state index in [1.807, 2.05) is 25.7 Å². The van der Waals surface area contributed by atoms with Gasteiger partial charge in [0.1, 0.15) is 5.60 Å². The highest BCUT2D eigenvalue weighted by Crippen LogP contribution is 2.26. The molecule has 0 aromatic heterocycles. The summed E-state index contributed by atoms with van der Waals surface area (Å²) in [4.78, 5) is 13.9. The molecule has 2 rings (SSSR count). The zero-order valence-electron chi connectivity index (χ0n) is 13.5. The zero-order valence-corrected chi connectivity index (χ0v) is 15.7. The highest BCUT2D eigenvalue weighted by molar-refractivity contribution is 14.1. The van der Waals surface area contributed by atoms with E-state index in [0.29, 0.717) is 12.1 Å². The summed E-state index contributed by atoms with van der Waals surface area (Å²) >= 11 is 2.60. The Morgan fingerprint density at radius 2 is 1.76 bits per heavy atom. The minimum absolute atomic E-state index is 0.162. The summed E-state index contributed by atoms with van der Waals surface area (Å²) in [5.41, 5.74) is -0.400. The molecule has 1 saturated heterocycles. The highest BCUT2D eigenvalue weighted by Gasteiger charge is 2.30. The summed E-state index contributed by atoms with van der Waals surface area (Å²) in [6, 6.07) is 1.22. The number of likely N-dealkylation sites (tertiary alicyclic amines) is 1. The van der Waals surface area contributed by atoms with E-state index in [9.17, 15) is 4.79 Å². The first-order valence-electron chi connectivity index (χ1n) is 8.23. The maximum atomic E-state index is 12.0. The number of alkyl halides is 1. The Bertz CT molecular complexity index is 349. The van der Waals surface area contributed by atoms with E-state index in [0.717, 1.165) is 29.9 Å². The molecule has 0 aromatic carbocycles. The number of hydrogen-bond acceptors (Lipinski definition) is 3. The molecule has 1 saturated carbocycles. The minimum Gasteiger partial charge on any atom is -0.444 e. The van der Waals surface area contributed by atoms with E-state index >= 15 is 0 Å². The molecule has 0 spiro atoms. The van der Waals surface area contributed by atoms with Crippen molar-refractivity contribution < 1.29 is 9.53 Å². The number of carbonyl (C=O) groups excluding carboxylic acids is 1. The maximum Gasteiger partial charge on any atom is 0.410 e. The maximum absolute atomic E-state index is 12.0. The largest absolute Gasteiger partial charge is 0.444 e. The summed E-state index contributed by atoms with van der Waals surface area (Å²) in [6.45, 7) is 7.38. The van der Waals surface area contributed by atoms with Crippen molar-refractivity contribution in [1.82, 2.24) is 10.2 Å². The molecule has 21 heavy (non-hydrogen) atoms. The number of nitrogens with one attached hydrogen (secondary N) is 1. The van der Waals surface area contributed by atoms with Crippen LogP contribution in [0.25, 0.3) is 0 Å². The van der Waals surface area contributed by atoms with Gasteiger partial charge in [-0.25, -0.2) is 4.79 Å². The normalized spacial score (nSPS) is 28.5. The van der Waals surface area contributed by atoms with Crippen molar-refractivity contribution in [2.75, 3.05) is 13.1 Å². The van der Waals surface area contributed by atoms with Crippen LogP contribution in [0.1, 0.15) is 59.3 Å². The lowest BCUT2D eigenvalue weighted by Gasteiger charge is -2.37. The number of amides is 1. The van der Waals surface area contributed by atoms with Gasteiger partial charge in [-0.3, -0.25) is 0 Å². The Morgan fingerprint density at radius 3 is 2.33 bits per heavy atom. The van der Waals surface area contributed by atoms with E-state index in [1.54, 1.807) is 0 Å². The van der Waals surface area contributed by atoms with Gasteiger partial charge in [0.05, 0.1) is 0 Å². The van der Waals surface area contributed by atoms with E-state index in [4.69, 9.17) is 4.74 Å². The summed E-state index contributed by atoms with van der Waals surface area (Å²) in [6.07, 6.45) is 7.30. The summed E-state index contributed by atoms with van der Waals surface area (Å²) < 4.78 is 6.21. The summed E-state index contributed by atoms with van der Waals surface area (Å²) in [5, 5.41) is 3.83. The molecular formula is C16H29IN2O2. The van der Waals surface area contributed by atoms with Gasteiger partial charge in [-0.1, -0.05) is 35.4 Å². The van der Waals surface area contributed by atoms with Crippen LogP contribution in [-0.2, 0) is 4.74 Å². The van der Waals surface area contributed by atoms with Gasteiger partial charge in [-0.15, -0.1) is 0 Å². The van der Waals surface area contributed by atoms with Crippen molar-refractivity contribution in [1.29, 1.82) is 0 Å². The smallest absolute Gasteiger partial charge is 0.410 e. The SMILES string of the molecule is CC(C)(C)OC(=O)N1CCC(N[C@H]2CCCC[C@@H]2I)CC1. The third kappa shape index (κ3) is 5.58. The summed E-state index contributed by atoms with van der Waals surface area (Å²) in [5.74, 6) is 0. The second kappa shape index (κ2) is 7.49. The lowest BCUT2D eigenvalue weighted by molar-refractivity contribution is 0.0195. The van der Waals surface area contributed by atoms with Crippen molar-refractivity contribution in [3.05, 3.63) is 0 Å². The van der Waals surface area contributed by atoms with Crippen LogP contribution >= 0.6 is 22.6 Å². The molecule has 1 aliphatic carbocycles. The quantitative estimate of drug-likeness (QED) is 0.560. The number of rotatable bonds is 2. The summed E-state index contributed by atoms with van der Waals surface area (Å²) in [7, 11) is 0. The second-order valence-corrected chi connectivity index (χ2v) is 8.92. The van der Waals surface area contributed by atoms with Crippen LogP contribution in [-0.4, -0.2) is 45.7 Å². The number of hydrogen-bond donors (Lipinski definition) is 1. The Hall–Kier alpha value is -0.0400. The van der Waals surface area contributed by atoms with Crippen molar-refractivity contribution in [3.63, 3.8) is 0 Å². The molecule has 122 valence electrons. The standard InChI is InChI=1S/C16H29IN2O2/c1-16(2,3)21-15(20)19-10-8-12(9-11-19)18-14-7-5-4-6-13(14)17/h12-14,18H,4-11H2,1-3H3/t13-,14-/m0/s1. The van der Waals surface area contributed by atoms with Crippen LogP contribution in [0, 0.1) is 0 Å². The van der Waals surface area contributed by atoms with Crippen LogP contribution < -0.4 is 5.32 Å². The van der Waals surface area contributed by atoms with Gasteiger partial charge in [-0.05, 0) is 46.5 Å². The number of nitrogens with zero attached hydrogens (tertiary/aromatic N) is 1. The van der Waals surface area contributed by atoms with Gasteiger partial charge in [0.25, 0.3) is 0 Å². The first-order chi connectivity index (χ1) is 9.85. The predicted molar refractivity (Wildman–Crippen MR) is 94.0 cm³/mol. The number of piperidine rings is 1. The van der Waals surface area contributed by atoms with Gasteiger partial charge in [0.2, 0.25) is 0 Å². The fourth-order valence-electron chi connectivity index (χ4n) is 3.13. The predicted octanol–water partition coefficient (Wildman–Crippen LogP) is 3.72. The topological polar surface area (TPSA) is 41.6 Å². The number of carbonyl (C=O) groups is 1. The Labute approximate surface area is 142 Å². The van der Waals surface area contributed by atoms with Gasteiger partial charge in [-0.2, -0.15) is 0 Å². The van der Waals surface area contributed by atoms with Gasteiger partial charge >= 0.3 is 6.09 Å². The van der Waals surface area contributed by atoms with E-state index in [2.05, 4.69) is 27.9 Å². The van der Waals surface area contributed by atoms with Crippen molar-refractivity contribution in [2.24, 2.45) is 0 Å². The van der Waals surface area contributed by atoms with Crippen LogP contribution in [0.3, 0.4) is 0 Å². The third-order valence-corrected chi connectivity index (χ3v) is 5.77. The molecule has 0 unspecified atom stereocenters. The molecule has 2 fully saturated rings. The van der Waals surface area contributed by atoms with Crippen molar-refractivity contribution in [3.8, 4) is 0 Å². The molecule has 4 nitrogen and oxygen atoms in total. The molecule has 1 N–H and O–H groups in total. The van der Waals surface area contributed by atoms with Gasteiger partial charge in [0, 0.05) is 29.1 Å². The zero-order chi connectivity index (χ0) is 15.5. The minimum atomic E-state index is -0.400. The fraction of sp³-hybridized carbons (Fsp3) is 0.938. The number of halogens is 1. The molecule has 0 aromatic rings. The van der Waals surface area contributed by atoms with E-state index in [1.165, 1.54) is 25.7 Å². The lowest BCUT2D eigenvalue weighted by atomic mass is 9.93. The molecule has 1 amide bonds. The number of ether oxygens (including phenoxy) is 1. The Kier molecular flexibility index (Phi) is 6.17. The Balaban J connectivity index is 1.74. The molecular weight excluding hydrogens is 379 g/mol. The molecule has 2 aliphatic rings. The van der Waals surface area contributed by atoms with Crippen LogP contribution in [0.15, 0.2) is 0 Å². The van der Waals surface area contributed by atoms with E-state index < -0.39 is 5.60 Å². The Morgan fingerprint density at radius 1 is 1.14 bits per heavy atom. The first-order valence-corrected chi connectivity index (χ1v) is 9.48. The molecule has 2 atom stereocenters.